The fourth-order valence-electron chi connectivity index (χ4n) is 1.73. The number of hydrogen-bond acceptors (Lipinski definition) is 2. The van der Waals surface area contributed by atoms with E-state index in [0.717, 1.165) is 25.2 Å². The first-order chi connectivity index (χ1) is 7.52. The summed E-state index contributed by atoms with van der Waals surface area (Å²) in [6, 6.07) is 4.52. The van der Waals surface area contributed by atoms with Crippen LogP contribution < -0.4 is 10.5 Å². The van der Waals surface area contributed by atoms with E-state index in [1.807, 2.05) is 6.92 Å². The summed E-state index contributed by atoms with van der Waals surface area (Å²) < 4.78 is 5.84. The quantitative estimate of drug-likeness (QED) is 0.775. The summed E-state index contributed by atoms with van der Waals surface area (Å²) in [6.45, 7) is 9.11. The van der Waals surface area contributed by atoms with Crippen molar-refractivity contribution in [2.75, 3.05) is 6.61 Å². The van der Waals surface area contributed by atoms with Gasteiger partial charge in [-0.15, -0.1) is 0 Å². The SMILES string of the molecule is Cc1ccc(C)c(OCCCC(C)N)c1C. The predicted molar refractivity (Wildman–Crippen MR) is 69.0 cm³/mol. The standard InChI is InChI=1S/C14H23NO/c1-10-7-8-11(2)14(13(10)4)16-9-5-6-12(3)15/h7-8,12H,5-6,9,15H2,1-4H3. The Kier molecular flexibility index (Phi) is 4.81. The molecule has 90 valence electrons. The van der Waals surface area contributed by atoms with E-state index >= 15 is 0 Å². The molecule has 1 aromatic carbocycles. The van der Waals surface area contributed by atoms with E-state index in [1.165, 1.54) is 16.7 Å². The van der Waals surface area contributed by atoms with Crippen molar-refractivity contribution in [1.29, 1.82) is 0 Å². The molecule has 1 rings (SSSR count). The van der Waals surface area contributed by atoms with Gasteiger partial charge in [-0.3, -0.25) is 0 Å². The van der Waals surface area contributed by atoms with Crippen molar-refractivity contribution in [2.45, 2.75) is 46.6 Å². The number of rotatable bonds is 5. The molecule has 0 aliphatic carbocycles. The van der Waals surface area contributed by atoms with Gasteiger partial charge in [0.15, 0.2) is 0 Å². The molecule has 0 aliphatic rings. The third-order valence-electron chi connectivity index (χ3n) is 2.92. The van der Waals surface area contributed by atoms with Crippen LogP contribution in [-0.4, -0.2) is 12.6 Å². The monoisotopic (exact) mass is 221 g/mol. The molecule has 2 N–H and O–H groups in total. The Morgan fingerprint density at radius 2 is 1.81 bits per heavy atom. The van der Waals surface area contributed by atoms with Crippen molar-refractivity contribution < 1.29 is 4.74 Å². The fraction of sp³-hybridized carbons (Fsp3) is 0.571. The molecule has 0 amide bonds. The lowest BCUT2D eigenvalue weighted by molar-refractivity contribution is 0.299. The molecular formula is C14H23NO. The molecule has 0 aliphatic heterocycles. The van der Waals surface area contributed by atoms with Crippen LogP contribution in [0.25, 0.3) is 0 Å². The zero-order valence-corrected chi connectivity index (χ0v) is 10.8. The zero-order valence-electron chi connectivity index (χ0n) is 10.8. The Morgan fingerprint density at radius 1 is 1.19 bits per heavy atom. The molecule has 1 aromatic rings. The molecule has 1 unspecified atom stereocenters. The van der Waals surface area contributed by atoms with Gasteiger partial charge in [-0.05, 0) is 57.2 Å². The molecule has 2 heteroatoms. The fourth-order valence-corrected chi connectivity index (χ4v) is 1.73. The van der Waals surface area contributed by atoms with Crippen molar-refractivity contribution in [1.82, 2.24) is 0 Å². The van der Waals surface area contributed by atoms with E-state index < -0.39 is 0 Å². The first kappa shape index (κ1) is 13.0. The van der Waals surface area contributed by atoms with Crippen molar-refractivity contribution >= 4 is 0 Å². The molecule has 0 saturated carbocycles. The van der Waals surface area contributed by atoms with Crippen LogP contribution in [0.4, 0.5) is 0 Å². The maximum Gasteiger partial charge on any atom is 0.125 e. The molecule has 2 nitrogen and oxygen atoms in total. The van der Waals surface area contributed by atoms with Crippen LogP contribution in [0.15, 0.2) is 12.1 Å². The number of aryl methyl sites for hydroxylation is 2. The Morgan fingerprint density at radius 3 is 2.44 bits per heavy atom. The van der Waals surface area contributed by atoms with Gasteiger partial charge >= 0.3 is 0 Å². The van der Waals surface area contributed by atoms with E-state index in [-0.39, 0.29) is 6.04 Å². The number of benzene rings is 1. The summed E-state index contributed by atoms with van der Waals surface area (Å²) in [7, 11) is 0. The average molecular weight is 221 g/mol. The van der Waals surface area contributed by atoms with Gasteiger partial charge in [0.1, 0.15) is 5.75 Å². The topological polar surface area (TPSA) is 35.2 Å². The van der Waals surface area contributed by atoms with Crippen molar-refractivity contribution in [3.63, 3.8) is 0 Å². The Labute approximate surface area is 98.8 Å². The third kappa shape index (κ3) is 3.53. The second-order valence-corrected chi connectivity index (χ2v) is 4.62. The van der Waals surface area contributed by atoms with Crippen molar-refractivity contribution in [3.8, 4) is 5.75 Å². The average Bonchev–Trinajstić information content (AvgIpc) is 2.22. The van der Waals surface area contributed by atoms with Crippen LogP contribution in [0.3, 0.4) is 0 Å². The van der Waals surface area contributed by atoms with Gasteiger partial charge in [-0.2, -0.15) is 0 Å². The summed E-state index contributed by atoms with van der Waals surface area (Å²) in [4.78, 5) is 0. The van der Waals surface area contributed by atoms with E-state index in [1.54, 1.807) is 0 Å². The maximum atomic E-state index is 5.84. The molecule has 0 radical (unpaired) electrons. The molecule has 0 fully saturated rings. The van der Waals surface area contributed by atoms with Crippen molar-refractivity contribution in [3.05, 3.63) is 28.8 Å². The second kappa shape index (κ2) is 5.90. The number of nitrogens with two attached hydrogens (primary N) is 1. The van der Waals surface area contributed by atoms with Gasteiger partial charge in [0, 0.05) is 6.04 Å². The largest absolute Gasteiger partial charge is 0.493 e. The Balaban J connectivity index is 2.56. The van der Waals surface area contributed by atoms with Gasteiger partial charge < -0.3 is 10.5 Å². The maximum absolute atomic E-state index is 5.84. The predicted octanol–water partition coefficient (Wildman–Crippen LogP) is 3.12. The highest BCUT2D eigenvalue weighted by Gasteiger charge is 2.06. The summed E-state index contributed by atoms with van der Waals surface area (Å²) in [5, 5.41) is 0. The lowest BCUT2D eigenvalue weighted by atomic mass is 10.1. The third-order valence-corrected chi connectivity index (χ3v) is 2.92. The molecule has 0 heterocycles. The van der Waals surface area contributed by atoms with Gasteiger partial charge in [-0.1, -0.05) is 12.1 Å². The van der Waals surface area contributed by atoms with Gasteiger partial charge in [-0.25, -0.2) is 0 Å². The highest BCUT2D eigenvalue weighted by molar-refractivity contribution is 5.44. The van der Waals surface area contributed by atoms with Crippen LogP contribution in [-0.2, 0) is 0 Å². The minimum Gasteiger partial charge on any atom is -0.493 e. The van der Waals surface area contributed by atoms with Crippen LogP contribution in [0.5, 0.6) is 5.75 Å². The molecule has 0 spiro atoms. The summed E-state index contributed by atoms with van der Waals surface area (Å²) in [6.07, 6.45) is 2.04. The lowest BCUT2D eigenvalue weighted by Crippen LogP contribution is -2.15. The van der Waals surface area contributed by atoms with Crippen LogP contribution in [0, 0.1) is 20.8 Å². The summed E-state index contributed by atoms with van der Waals surface area (Å²) in [5.74, 6) is 1.05. The number of hydrogen-bond donors (Lipinski definition) is 1. The Hall–Kier alpha value is -1.02. The van der Waals surface area contributed by atoms with E-state index in [0.29, 0.717) is 0 Å². The zero-order chi connectivity index (χ0) is 12.1. The van der Waals surface area contributed by atoms with Gasteiger partial charge in [0.25, 0.3) is 0 Å². The number of ether oxygens (including phenoxy) is 1. The van der Waals surface area contributed by atoms with Crippen LogP contribution in [0.2, 0.25) is 0 Å². The van der Waals surface area contributed by atoms with E-state index in [4.69, 9.17) is 10.5 Å². The molecule has 0 saturated heterocycles. The molecule has 0 bridgehead atoms. The summed E-state index contributed by atoms with van der Waals surface area (Å²) >= 11 is 0. The highest BCUT2D eigenvalue weighted by Crippen LogP contribution is 2.25. The minimum atomic E-state index is 0.267. The second-order valence-electron chi connectivity index (χ2n) is 4.62. The van der Waals surface area contributed by atoms with Gasteiger partial charge in [0.2, 0.25) is 0 Å². The van der Waals surface area contributed by atoms with Crippen LogP contribution in [0.1, 0.15) is 36.5 Å². The van der Waals surface area contributed by atoms with Gasteiger partial charge in [0.05, 0.1) is 6.61 Å². The molecule has 16 heavy (non-hydrogen) atoms. The van der Waals surface area contributed by atoms with Crippen molar-refractivity contribution in [2.24, 2.45) is 5.73 Å². The molecule has 0 aromatic heterocycles. The van der Waals surface area contributed by atoms with E-state index in [2.05, 4.69) is 32.9 Å². The lowest BCUT2D eigenvalue weighted by Gasteiger charge is -2.14. The molecule has 1 atom stereocenters. The first-order valence-corrected chi connectivity index (χ1v) is 5.97. The summed E-state index contributed by atoms with van der Waals surface area (Å²) in [5.41, 5.74) is 9.45. The first-order valence-electron chi connectivity index (χ1n) is 5.97. The highest BCUT2D eigenvalue weighted by atomic mass is 16.5. The Bertz CT molecular complexity index is 345. The molecular weight excluding hydrogens is 198 g/mol. The smallest absolute Gasteiger partial charge is 0.125 e. The minimum absolute atomic E-state index is 0.267. The van der Waals surface area contributed by atoms with E-state index in [9.17, 15) is 0 Å². The normalized spacial score (nSPS) is 12.6. The van der Waals surface area contributed by atoms with Crippen LogP contribution >= 0.6 is 0 Å².